The number of aromatic amines is 1. The van der Waals surface area contributed by atoms with Crippen molar-refractivity contribution in [2.75, 3.05) is 0 Å². The minimum Gasteiger partial charge on any atom is -0.494 e. The number of hydrogen-bond donors (Lipinski definition) is 2. The second-order valence-corrected chi connectivity index (χ2v) is 2.38. The van der Waals surface area contributed by atoms with Crippen LogP contribution in [0.4, 0.5) is 8.78 Å². The second kappa shape index (κ2) is 2.92. The zero-order chi connectivity index (χ0) is 9.30. The maximum Gasteiger partial charge on any atom is 0.269 e. The first-order chi connectivity index (χ1) is 5.52. The van der Waals surface area contributed by atoms with Gasteiger partial charge in [0.1, 0.15) is 0 Å². The van der Waals surface area contributed by atoms with Crippen LogP contribution in [0, 0.1) is 6.92 Å². The Hall–Kier alpha value is -1.39. The van der Waals surface area contributed by atoms with E-state index in [9.17, 15) is 13.6 Å². The van der Waals surface area contributed by atoms with E-state index < -0.39 is 23.4 Å². The first kappa shape index (κ1) is 8.70. The molecule has 0 bridgehead atoms. The lowest BCUT2D eigenvalue weighted by Crippen LogP contribution is -2.07. The van der Waals surface area contributed by atoms with Crippen LogP contribution in [0.25, 0.3) is 0 Å². The van der Waals surface area contributed by atoms with Crippen molar-refractivity contribution >= 4 is 0 Å². The van der Waals surface area contributed by atoms with Crippen LogP contribution in [0.5, 0.6) is 5.88 Å². The van der Waals surface area contributed by atoms with Crippen LogP contribution in [-0.4, -0.2) is 10.1 Å². The first-order valence-corrected chi connectivity index (χ1v) is 3.23. The minimum absolute atomic E-state index is 0.0891. The van der Waals surface area contributed by atoms with E-state index in [1.165, 1.54) is 6.92 Å². The van der Waals surface area contributed by atoms with Crippen LogP contribution in [0.2, 0.25) is 0 Å². The topological polar surface area (TPSA) is 53.1 Å². The lowest BCUT2D eigenvalue weighted by atomic mass is 10.1. The van der Waals surface area contributed by atoms with Gasteiger partial charge in [-0.25, -0.2) is 8.78 Å². The molecule has 0 atom stereocenters. The number of aromatic hydroxyl groups is 1. The van der Waals surface area contributed by atoms with Crippen LogP contribution < -0.4 is 5.56 Å². The van der Waals surface area contributed by atoms with Gasteiger partial charge in [-0.1, -0.05) is 0 Å². The Balaban J connectivity index is 3.38. The van der Waals surface area contributed by atoms with Crippen molar-refractivity contribution in [2.24, 2.45) is 0 Å². The van der Waals surface area contributed by atoms with Crippen molar-refractivity contribution in [1.82, 2.24) is 4.98 Å². The van der Waals surface area contributed by atoms with Gasteiger partial charge in [0.15, 0.2) is 0 Å². The molecule has 0 radical (unpaired) electrons. The fourth-order valence-corrected chi connectivity index (χ4v) is 0.957. The highest BCUT2D eigenvalue weighted by Gasteiger charge is 2.16. The Morgan fingerprint density at radius 3 is 2.58 bits per heavy atom. The second-order valence-electron chi connectivity index (χ2n) is 2.38. The predicted octanol–water partition coefficient (Wildman–Crippen LogP) is 1.33. The van der Waals surface area contributed by atoms with Gasteiger partial charge in [-0.3, -0.25) is 9.78 Å². The molecule has 1 aromatic heterocycles. The number of halogens is 2. The summed E-state index contributed by atoms with van der Waals surface area (Å²) in [6, 6.07) is 1.02. The number of rotatable bonds is 1. The van der Waals surface area contributed by atoms with Crippen molar-refractivity contribution in [2.45, 2.75) is 13.3 Å². The summed E-state index contributed by atoms with van der Waals surface area (Å²) in [4.78, 5) is 12.5. The van der Waals surface area contributed by atoms with Gasteiger partial charge in [0.05, 0.1) is 5.56 Å². The average Bonchev–Trinajstić information content (AvgIpc) is 1.82. The SMILES string of the molecule is Cc1cc(=O)[nH]c(O)c1C(F)F. The van der Waals surface area contributed by atoms with Gasteiger partial charge in [0.25, 0.3) is 12.0 Å². The number of hydrogen-bond acceptors (Lipinski definition) is 2. The summed E-state index contributed by atoms with van der Waals surface area (Å²) in [5.41, 5.74) is -1.02. The summed E-state index contributed by atoms with van der Waals surface area (Å²) >= 11 is 0. The highest BCUT2D eigenvalue weighted by molar-refractivity contribution is 5.33. The number of aromatic nitrogens is 1. The molecule has 66 valence electrons. The van der Waals surface area contributed by atoms with E-state index in [1.807, 2.05) is 4.98 Å². The van der Waals surface area contributed by atoms with E-state index in [0.29, 0.717) is 0 Å². The van der Waals surface area contributed by atoms with Crippen LogP contribution in [0.1, 0.15) is 17.6 Å². The molecule has 0 saturated heterocycles. The van der Waals surface area contributed by atoms with Gasteiger partial charge in [-0.2, -0.15) is 0 Å². The molecule has 0 unspecified atom stereocenters. The standard InChI is InChI=1S/C7H7F2NO2/c1-3-2-4(11)10-7(12)5(3)6(8)9/h2,6H,1H3,(H2,10,11,12). The smallest absolute Gasteiger partial charge is 0.269 e. The Morgan fingerprint density at radius 2 is 2.17 bits per heavy atom. The number of pyridine rings is 1. The van der Waals surface area contributed by atoms with E-state index in [0.717, 1.165) is 6.07 Å². The maximum atomic E-state index is 12.1. The number of alkyl halides is 2. The van der Waals surface area contributed by atoms with Crippen LogP contribution in [-0.2, 0) is 0 Å². The van der Waals surface area contributed by atoms with Crippen molar-refractivity contribution in [3.63, 3.8) is 0 Å². The molecule has 5 heteroatoms. The number of nitrogens with one attached hydrogen (secondary N) is 1. The van der Waals surface area contributed by atoms with E-state index in [4.69, 9.17) is 5.11 Å². The first-order valence-electron chi connectivity index (χ1n) is 3.23. The largest absolute Gasteiger partial charge is 0.494 e. The highest BCUT2D eigenvalue weighted by Crippen LogP contribution is 2.27. The van der Waals surface area contributed by atoms with Crippen LogP contribution in [0.3, 0.4) is 0 Å². The maximum absolute atomic E-state index is 12.1. The molecule has 0 saturated carbocycles. The summed E-state index contributed by atoms with van der Waals surface area (Å²) in [5, 5.41) is 8.91. The summed E-state index contributed by atoms with van der Waals surface area (Å²) in [5.74, 6) is -0.755. The molecular formula is C7H7F2NO2. The molecule has 0 aliphatic rings. The Kier molecular flexibility index (Phi) is 2.12. The van der Waals surface area contributed by atoms with Crippen LogP contribution in [0.15, 0.2) is 10.9 Å². The Labute approximate surface area is 66.7 Å². The third-order valence-corrected chi connectivity index (χ3v) is 1.49. The third-order valence-electron chi connectivity index (χ3n) is 1.49. The van der Waals surface area contributed by atoms with Crippen molar-refractivity contribution in [3.8, 4) is 5.88 Å². The molecule has 0 aliphatic heterocycles. The molecule has 0 aromatic carbocycles. The Morgan fingerprint density at radius 1 is 1.58 bits per heavy atom. The zero-order valence-electron chi connectivity index (χ0n) is 6.27. The van der Waals surface area contributed by atoms with Crippen molar-refractivity contribution in [3.05, 3.63) is 27.5 Å². The fourth-order valence-electron chi connectivity index (χ4n) is 0.957. The van der Waals surface area contributed by atoms with Gasteiger partial charge >= 0.3 is 0 Å². The van der Waals surface area contributed by atoms with E-state index in [2.05, 4.69) is 0 Å². The zero-order valence-corrected chi connectivity index (χ0v) is 6.27. The number of H-pyrrole nitrogens is 1. The van der Waals surface area contributed by atoms with Crippen molar-refractivity contribution < 1.29 is 13.9 Å². The van der Waals surface area contributed by atoms with Gasteiger partial charge in [0.2, 0.25) is 5.88 Å². The minimum atomic E-state index is -2.78. The molecule has 12 heavy (non-hydrogen) atoms. The van der Waals surface area contributed by atoms with E-state index in [1.54, 1.807) is 0 Å². The summed E-state index contributed by atoms with van der Waals surface area (Å²) in [7, 11) is 0. The molecule has 2 N–H and O–H groups in total. The molecule has 0 fully saturated rings. The predicted molar refractivity (Wildman–Crippen MR) is 38.4 cm³/mol. The lowest BCUT2D eigenvalue weighted by molar-refractivity contribution is 0.145. The molecule has 1 aromatic rings. The molecule has 1 heterocycles. The molecule has 3 nitrogen and oxygen atoms in total. The summed E-state index contributed by atoms with van der Waals surface area (Å²) in [6.07, 6.45) is -2.78. The number of aryl methyl sites for hydroxylation is 1. The van der Waals surface area contributed by atoms with Crippen molar-refractivity contribution in [1.29, 1.82) is 0 Å². The van der Waals surface area contributed by atoms with Gasteiger partial charge in [-0.05, 0) is 12.5 Å². The van der Waals surface area contributed by atoms with E-state index in [-0.39, 0.29) is 5.56 Å². The monoisotopic (exact) mass is 175 g/mol. The van der Waals surface area contributed by atoms with Gasteiger partial charge < -0.3 is 5.11 Å². The van der Waals surface area contributed by atoms with Gasteiger partial charge in [-0.15, -0.1) is 0 Å². The molecule has 0 aliphatic carbocycles. The Bertz CT molecular complexity index is 319. The average molecular weight is 175 g/mol. The molecule has 0 amide bonds. The normalized spacial score (nSPS) is 10.7. The van der Waals surface area contributed by atoms with Gasteiger partial charge in [0, 0.05) is 6.07 Å². The lowest BCUT2D eigenvalue weighted by Gasteiger charge is -2.04. The molecule has 0 spiro atoms. The summed E-state index contributed by atoms with van der Waals surface area (Å²) in [6.45, 7) is 1.34. The van der Waals surface area contributed by atoms with E-state index >= 15 is 0 Å². The highest BCUT2D eigenvalue weighted by atomic mass is 19.3. The summed E-state index contributed by atoms with van der Waals surface area (Å²) < 4.78 is 24.3. The quantitative estimate of drug-likeness (QED) is 0.676. The third kappa shape index (κ3) is 1.44. The molecular weight excluding hydrogens is 168 g/mol. The van der Waals surface area contributed by atoms with Crippen LogP contribution >= 0.6 is 0 Å². The molecule has 1 rings (SSSR count). The fraction of sp³-hybridized carbons (Fsp3) is 0.286.